The molecular formula is C11H20N4O. The summed E-state index contributed by atoms with van der Waals surface area (Å²) in [6.07, 6.45) is 5.47. The Hall–Kier alpha value is -1.36. The first-order valence-corrected chi connectivity index (χ1v) is 5.68. The molecule has 90 valence electrons. The lowest BCUT2D eigenvalue weighted by atomic mass is 10.3. The normalized spacial score (nSPS) is 10.4. The van der Waals surface area contributed by atoms with Gasteiger partial charge in [-0.15, -0.1) is 0 Å². The summed E-state index contributed by atoms with van der Waals surface area (Å²) < 4.78 is 1.82. The fourth-order valence-electron chi connectivity index (χ4n) is 1.36. The maximum Gasteiger partial charge on any atom is 0.239 e. The van der Waals surface area contributed by atoms with Gasteiger partial charge in [0.25, 0.3) is 0 Å². The van der Waals surface area contributed by atoms with Crippen molar-refractivity contribution in [2.24, 2.45) is 0 Å². The molecule has 0 aliphatic rings. The standard InChI is InChI=1S/C11H20N4O/c1-3-5-13-11(16)8-15-7-10(14-9-15)4-6-12-2/h7,9,12H,3-6,8H2,1-2H3,(H,13,16). The molecule has 2 N–H and O–H groups in total. The van der Waals surface area contributed by atoms with E-state index in [0.717, 1.165) is 31.6 Å². The lowest BCUT2D eigenvalue weighted by Gasteiger charge is -2.03. The van der Waals surface area contributed by atoms with Crippen molar-refractivity contribution < 1.29 is 4.79 Å². The van der Waals surface area contributed by atoms with E-state index in [4.69, 9.17) is 0 Å². The SMILES string of the molecule is CCCNC(=O)Cn1cnc(CCNC)c1. The third-order valence-corrected chi connectivity index (χ3v) is 2.22. The summed E-state index contributed by atoms with van der Waals surface area (Å²) in [5.74, 6) is 0.0411. The van der Waals surface area contributed by atoms with E-state index in [1.807, 2.05) is 24.7 Å². The highest BCUT2D eigenvalue weighted by Crippen LogP contribution is 1.96. The predicted octanol–water partition coefficient (Wildman–Crippen LogP) is 0.171. The first-order valence-electron chi connectivity index (χ1n) is 5.68. The minimum absolute atomic E-state index is 0.0411. The summed E-state index contributed by atoms with van der Waals surface area (Å²) in [7, 11) is 1.91. The Labute approximate surface area is 96.3 Å². The second-order valence-electron chi connectivity index (χ2n) is 3.74. The molecule has 5 heteroatoms. The van der Waals surface area contributed by atoms with Crippen LogP contribution in [0.15, 0.2) is 12.5 Å². The lowest BCUT2D eigenvalue weighted by Crippen LogP contribution is -2.27. The lowest BCUT2D eigenvalue weighted by molar-refractivity contribution is -0.121. The molecule has 0 aromatic carbocycles. The Kier molecular flexibility index (Phi) is 5.56. The van der Waals surface area contributed by atoms with E-state index < -0.39 is 0 Å². The van der Waals surface area contributed by atoms with E-state index in [0.29, 0.717) is 6.54 Å². The van der Waals surface area contributed by atoms with Gasteiger partial charge in [0.1, 0.15) is 6.54 Å². The van der Waals surface area contributed by atoms with Crippen LogP contribution < -0.4 is 10.6 Å². The topological polar surface area (TPSA) is 59.0 Å². The van der Waals surface area contributed by atoms with Crippen molar-refractivity contribution in [3.63, 3.8) is 0 Å². The van der Waals surface area contributed by atoms with E-state index in [1.54, 1.807) is 6.33 Å². The molecule has 0 fully saturated rings. The van der Waals surface area contributed by atoms with Crippen molar-refractivity contribution >= 4 is 5.91 Å². The Morgan fingerprint density at radius 2 is 2.31 bits per heavy atom. The van der Waals surface area contributed by atoms with Crippen LogP contribution in [0, 0.1) is 0 Å². The number of carbonyl (C=O) groups excluding carboxylic acids is 1. The van der Waals surface area contributed by atoms with E-state index in [2.05, 4.69) is 15.6 Å². The highest BCUT2D eigenvalue weighted by molar-refractivity contribution is 5.75. The molecule has 0 bridgehead atoms. The number of imidazole rings is 1. The number of likely N-dealkylation sites (N-methyl/N-ethyl adjacent to an activating group) is 1. The van der Waals surface area contributed by atoms with Crippen LogP contribution >= 0.6 is 0 Å². The predicted molar refractivity (Wildman–Crippen MR) is 63.2 cm³/mol. The van der Waals surface area contributed by atoms with E-state index in [9.17, 15) is 4.79 Å². The van der Waals surface area contributed by atoms with Gasteiger partial charge in [0.2, 0.25) is 5.91 Å². The average Bonchev–Trinajstić information content (AvgIpc) is 2.71. The highest BCUT2D eigenvalue weighted by Gasteiger charge is 2.03. The molecule has 16 heavy (non-hydrogen) atoms. The van der Waals surface area contributed by atoms with Crippen LogP contribution in [0.5, 0.6) is 0 Å². The highest BCUT2D eigenvalue weighted by atomic mass is 16.1. The first-order chi connectivity index (χ1) is 7.76. The Bertz CT molecular complexity index is 322. The molecule has 0 unspecified atom stereocenters. The molecular weight excluding hydrogens is 204 g/mol. The number of nitrogens with zero attached hydrogens (tertiary/aromatic N) is 2. The van der Waals surface area contributed by atoms with Crippen molar-refractivity contribution in [2.45, 2.75) is 26.3 Å². The van der Waals surface area contributed by atoms with Crippen molar-refractivity contribution in [1.29, 1.82) is 0 Å². The molecule has 0 saturated carbocycles. The van der Waals surface area contributed by atoms with Gasteiger partial charge in [-0.3, -0.25) is 4.79 Å². The zero-order valence-electron chi connectivity index (χ0n) is 9.99. The van der Waals surface area contributed by atoms with Crippen molar-refractivity contribution in [3.8, 4) is 0 Å². The monoisotopic (exact) mass is 224 g/mol. The fourth-order valence-corrected chi connectivity index (χ4v) is 1.36. The number of aromatic nitrogens is 2. The maximum absolute atomic E-state index is 11.4. The van der Waals surface area contributed by atoms with E-state index >= 15 is 0 Å². The van der Waals surface area contributed by atoms with Gasteiger partial charge in [0, 0.05) is 25.7 Å². The van der Waals surface area contributed by atoms with Crippen molar-refractivity contribution in [1.82, 2.24) is 20.2 Å². The quantitative estimate of drug-likeness (QED) is 0.694. The Balaban J connectivity index is 2.36. The van der Waals surface area contributed by atoms with Gasteiger partial charge in [0.15, 0.2) is 0 Å². The van der Waals surface area contributed by atoms with Gasteiger partial charge in [-0.25, -0.2) is 4.98 Å². The number of hydrogen-bond donors (Lipinski definition) is 2. The molecule has 1 aromatic rings. The second kappa shape index (κ2) is 7.00. The zero-order valence-corrected chi connectivity index (χ0v) is 9.99. The molecule has 0 spiro atoms. The van der Waals surface area contributed by atoms with E-state index in [-0.39, 0.29) is 5.91 Å². The fraction of sp³-hybridized carbons (Fsp3) is 0.636. The van der Waals surface area contributed by atoms with Crippen LogP contribution in [-0.2, 0) is 17.8 Å². The molecule has 1 rings (SSSR count). The third-order valence-electron chi connectivity index (χ3n) is 2.22. The Morgan fingerprint density at radius 1 is 1.50 bits per heavy atom. The number of rotatable bonds is 7. The zero-order chi connectivity index (χ0) is 11.8. The van der Waals surface area contributed by atoms with Crippen LogP contribution in [0.4, 0.5) is 0 Å². The van der Waals surface area contributed by atoms with Crippen LogP contribution in [0.3, 0.4) is 0 Å². The molecule has 1 amide bonds. The summed E-state index contributed by atoms with van der Waals surface area (Å²) in [6, 6.07) is 0. The Morgan fingerprint density at radius 3 is 3.00 bits per heavy atom. The summed E-state index contributed by atoms with van der Waals surface area (Å²) in [5, 5.41) is 5.90. The third kappa shape index (κ3) is 4.44. The maximum atomic E-state index is 11.4. The minimum atomic E-state index is 0.0411. The van der Waals surface area contributed by atoms with Gasteiger partial charge >= 0.3 is 0 Å². The molecule has 1 heterocycles. The molecule has 0 aliphatic carbocycles. The summed E-state index contributed by atoms with van der Waals surface area (Å²) >= 11 is 0. The number of hydrogen-bond acceptors (Lipinski definition) is 3. The average molecular weight is 224 g/mol. The van der Waals surface area contributed by atoms with Crippen LogP contribution in [0.25, 0.3) is 0 Å². The summed E-state index contributed by atoms with van der Waals surface area (Å²) in [4.78, 5) is 15.7. The molecule has 5 nitrogen and oxygen atoms in total. The van der Waals surface area contributed by atoms with Gasteiger partial charge in [-0.1, -0.05) is 6.92 Å². The minimum Gasteiger partial charge on any atom is -0.355 e. The summed E-state index contributed by atoms with van der Waals surface area (Å²) in [6.45, 7) is 4.03. The number of carbonyl (C=O) groups is 1. The first kappa shape index (κ1) is 12.7. The van der Waals surface area contributed by atoms with Gasteiger partial charge in [-0.05, 0) is 13.5 Å². The van der Waals surface area contributed by atoms with Crippen molar-refractivity contribution in [2.75, 3.05) is 20.1 Å². The molecule has 0 aliphatic heterocycles. The molecule has 1 aromatic heterocycles. The van der Waals surface area contributed by atoms with Gasteiger partial charge in [-0.2, -0.15) is 0 Å². The van der Waals surface area contributed by atoms with Gasteiger partial charge < -0.3 is 15.2 Å². The number of amides is 1. The van der Waals surface area contributed by atoms with Gasteiger partial charge in [0.05, 0.1) is 12.0 Å². The number of nitrogens with one attached hydrogen (secondary N) is 2. The van der Waals surface area contributed by atoms with Crippen LogP contribution in [-0.4, -0.2) is 35.6 Å². The largest absolute Gasteiger partial charge is 0.355 e. The molecule has 0 atom stereocenters. The molecule has 0 radical (unpaired) electrons. The van der Waals surface area contributed by atoms with Crippen molar-refractivity contribution in [3.05, 3.63) is 18.2 Å². The molecule has 0 saturated heterocycles. The van der Waals surface area contributed by atoms with Crippen LogP contribution in [0.2, 0.25) is 0 Å². The van der Waals surface area contributed by atoms with E-state index in [1.165, 1.54) is 0 Å². The van der Waals surface area contributed by atoms with Crippen LogP contribution in [0.1, 0.15) is 19.0 Å². The smallest absolute Gasteiger partial charge is 0.239 e. The second-order valence-corrected chi connectivity index (χ2v) is 3.74. The summed E-state index contributed by atoms with van der Waals surface area (Å²) in [5.41, 5.74) is 1.01.